The van der Waals surface area contributed by atoms with Crippen molar-refractivity contribution >= 4 is 11.6 Å². The van der Waals surface area contributed by atoms with Gasteiger partial charge in [-0.05, 0) is 55.2 Å². The van der Waals surface area contributed by atoms with Crippen molar-refractivity contribution in [3.05, 3.63) is 101 Å². The second kappa shape index (κ2) is 12.4. The van der Waals surface area contributed by atoms with Gasteiger partial charge in [-0.1, -0.05) is 80.4 Å². The van der Waals surface area contributed by atoms with Gasteiger partial charge >= 0.3 is 0 Å². The van der Waals surface area contributed by atoms with Crippen molar-refractivity contribution in [3.63, 3.8) is 0 Å². The smallest absolute Gasteiger partial charge is 0.203 e. The Morgan fingerprint density at radius 3 is 2.41 bits per heavy atom. The highest BCUT2D eigenvalue weighted by Crippen LogP contribution is 2.53. The minimum atomic E-state index is -1.09. The number of rotatable bonds is 10. The van der Waals surface area contributed by atoms with Gasteiger partial charge in [0.05, 0.1) is 19.1 Å². The Labute approximate surface area is 236 Å². The van der Waals surface area contributed by atoms with Crippen LogP contribution in [0.3, 0.4) is 0 Å². The van der Waals surface area contributed by atoms with Crippen molar-refractivity contribution in [1.29, 1.82) is 0 Å². The molecule has 2 saturated heterocycles. The van der Waals surface area contributed by atoms with Crippen molar-refractivity contribution in [2.24, 2.45) is 5.92 Å². The number of halogens is 2. The van der Waals surface area contributed by atoms with Crippen molar-refractivity contribution in [1.82, 2.24) is 10.4 Å². The highest BCUT2D eigenvalue weighted by Gasteiger charge is 2.62. The normalized spacial score (nSPS) is 25.0. The van der Waals surface area contributed by atoms with Gasteiger partial charge in [-0.3, -0.25) is 5.43 Å². The van der Waals surface area contributed by atoms with E-state index in [0.717, 1.165) is 43.5 Å². The van der Waals surface area contributed by atoms with Crippen molar-refractivity contribution in [3.8, 4) is 5.75 Å². The molecular formula is C32H38ClFN2O3. The first-order valence-electron chi connectivity index (χ1n) is 14.0. The molecular weight excluding hydrogens is 515 g/mol. The zero-order valence-corrected chi connectivity index (χ0v) is 23.5. The van der Waals surface area contributed by atoms with Crippen LogP contribution in [0.5, 0.6) is 5.75 Å². The third kappa shape index (κ3) is 5.72. The summed E-state index contributed by atoms with van der Waals surface area (Å²) in [6.45, 7) is 6.87. The van der Waals surface area contributed by atoms with Gasteiger partial charge in [0.15, 0.2) is 0 Å². The standard InChI is InChI=1S/C32H38ClFN2O3/c1-3-18-31(4-2)30(32(37-20-21-38-32)25-13-15-27(34)16-14-25)29(39-28-12-8-11-26(33)22-28)17-19-36(31)35-23-24-9-6-5-7-10-24/h5-16,22,29-30,35H,3-4,17-21,23H2,1-2H3. The number of benzene rings is 3. The fourth-order valence-corrected chi connectivity index (χ4v) is 6.75. The van der Waals surface area contributed by atoms with Crippen LogP contribution >= 0.6 is 11.6 Å². The molecule has 0 amide bonds. The van der Waals surface area contributed by atoms with E-state index in [2.05, 4.69) is 48.5 Å². The molecule has 0 bridgehead atoms. The van der Waals surface area contributed by atoms with E-state index in [4.69, 9.17) is 25.8 Å². The van der Waals surface area contributed by atoms with Gasteiger partial charge in [-0.25, -0.2) is 9.40 Å². The summed E-state index contributed by atoms with van der Waals surface area (Å²) in [6, 6.07) is 24.5. The topological polar surface area (TPSA) is 43.0 Å². The minimum Gasteiger partial charge on any atom is -0.490 e. The molecule has 2 aliphatic heterocycles. The third-order valence-corrected chi connectivity index (χ3v) is 8.43. The summed E-state index contributed by atoms with van der Waals surface area (Å²) in [5, 5.41) is 3.03. The van der Waals surface area contributed by atoms with Crippen molar-refractivity contribution < 1.29 is 18.6 Å². The van der Waals surface area contributed by atoms with Crippen LogP contribution in [0.2, 0.25) is 5.02 Å². The van der Waals surface area contributed by atoms with Crippen molar-refractivity contribution in [2.45, 2.75) is 63.5 Å². The Kier molecular flexibility index (Phi) is 8.89. The quantitative estimate of drug-likeness (QED) is 0.290. The molecule has 0 saturated carbocycles. The van der Waals surface area contributed by atoms with Gasteiger partial charge in [0.2, 0.25) is 5.79 Å². The van der Waals surface area contributed by atoms with Crippen molar-refractivity contribution in [2.75, 3.05) is 19.8 Å². The Bertz CT molecular complexity index is 1210. The molecule has 39 heavy (non-hydrogen) atoms. The lowest BCUT2D eigenvalue weighted by Crippen LogP contribution is -2.70. The number of ether oxygens (including phenoxy) is 3. The van der Waals surface area contributed by atoms with E-state index in [-0.39, 0.29) is 23.4 Å². The van der Waals surface area contributed by atoms with Crippen LogP contribution in [0.4, 0.5) is 4.39 Å². The Morgan fingerprint density at radius 1 is 1.00 bits per heavy atom. The maximum absolute atomic E-state index is 14.1. The van der Waals surface area contributed by atoms with Gasteiger partial charge in [0.25, 0.3) is 0 Å². The fraction of sp³-hybridized carbons (Fsp3) is 0.438. The first-order chi connectivity index (χ1) is 19.0. The SMILES string of the molecule is CCCC1(CC)C(C2(c3ccc(F)cc3)OCCO2)C(Oc2cccc(Cl)c2)CCN1NCc1ccccc1. The largest absolute Gasteiger partial charge is 0.490 e. The number of hydrazine groups is 1. The van der Waals surface area contributed by atoms with E-state index in [0.29, 0.717) is 24.8 Å². The molecule has 5 nitrogen and oxygen atoms in total. The molecule has 0 radical (unpaired) electrons. The minimum absolute atomic E-state index is 0.223. The zero-order valence-electron chi connectivity index (χ0n) is 22.7. The predicted molar refractivity (Wildman–Crippen MR) is 152 cm³/mol. The van der Waals surface area contributed by atoms with Gasteiger partial charge in [0.1, 0.15) is 17.7 Å². The van der Waals surface area contributed by atoms with Gasteiger partial charge in [-0.15, -0.1) is 0 Å². The van der Waals surface area contributed by atoms with Crippen LogP contribution in [0.1, 0.15) is 50.7 Å². The summed E-state index contributed by atoms with van der Waals surface area (Å²) >= 11 is 6.34. The molecule has 0 spiro atoms. The van der Waals surface area contributed by atoms with E-state index in [9.17, 15) is 4.39 Å². The lowest BCUT2D eigenvalue weighted by Gasteiger charge is -2.58. The summed E-state index contributed by atoms with van der Waals surface area (Å²) < 4.78 is 34.1. The molecule has 3 atom stereocenters. The fourth-order valence-electron chi connectivity index (χ4n) is 6.57. The van der Waals surface area contributed by atoms with Crippen LogP contribution in [-0.2, 0) is 21.8 Å². The number of nitrogens with zero attached hydrogens (tertiary/aromatic N) is 1. The Morgan fingerprint density at radius 2 is 1.74 bits per heavy atom. The molecule has 2 heterocycles. The molecule has 208 valence electrons. The summed E-state index contributed by atoms with van der Waals surface area (Å²) in [5.74, 6) is -0.880. The van der Waals surface area contributed by atoms with Crippen LogP contribution < -0.4 is 10.2 Å². The van der Waals surface area contributed by atoms with E-state index < -0.39 is 5.79 Å². The number of piperidine rings is 1. The zero-order chi connectivity index (χ0) is 27.3. The lowest BCUT2D eigenvalue weighted by molar-refractivity contribution is -0.275. The molecule has 1 N–H and O–H groups in total. The maximum atomic E-state index is 14.1. The monoisotopic (exact) mass is 552 g/mol. The predicted octanol–water partition coefficient (Wildman–Crippen LogP) is 7.10. The highest BCUT2D eigenvalue weighted by atomic mass is 35.5. The highest BCUT2D eigenvalue weighted by molar-refractivity contribution is 6.30. The van der Waals surface area contributed by atoms with Crippen LogP contribution in [0, 0.1) is 11.7 Å². The molecule has 7 heteroatoms. The third-order valence-electron chi connectivity index (χ3n) is 8.19. The molecule has 3 aromatic rings. The molecule has 3 unspecified atom stereocenters. The lowest BCUT2D eigenvalue weighted by atomic mass is 9.65. The average Bonchev–Trinajstić information content (AvgIpc) is 3.44. The summed E-state index contributed by atoms with van der Waals surface area (Å²) in [4.78, 5) is 0. The van der Waals surface area contributed by atoms with Gasteiger partial charge < -0.3 is 14.2 Å². The second-order valence-electron chi connectivity index (χ2n) is 10.4. The van der Waals surface area contributed by atoms with Crippen LogP contribution in [0.25, 0.3) is 0 Å². The van der Waals surface area contributed by atoms with Gasteiger partial charge in [0, 0.05) is 29.2 Å². The first kappa shape index (κ1) is 28.1. The summed E-state index contributed by atoms with van der Waals surface area (Å²) in [7, 11) is 0. The molecule has 2 fully saturated rings. The van der Waals surface area contributed by atoms with E-state index in [1.807, 2.05) is 30.3 Å². The van der Waals surface area contributed by atoms with Crippen LogP contribution in [0.15, 0.2) is 78.9 Å². The second-order valence-corrected chi connectivity index (χ2v) is 10.9. The average molecular weight is 553 g/mol. The maximum Gasteiger partial charge on any atom is 0.203 e. The van der Waals surface area contributed by atoms with Crippen LogP contribution in [-0.4, -0.2) is 36.4 Å². The Balaban J connectivity index is 1.60. The molecule has 2 aliphatic rings. The molecule has 5 rings (SSSR count). The first-order valence-corrected chi connectivity index (χ1v) is 14.4. The van der Waals surface area contributed by atoms with E-state index in [1.54, 1.807) is 12.1 Å². The number of hydrogen-bond donors (Lipinski definition) is 1. The number of nitrogens with one attached hydrogen (secondary N) is 1. The Hall–Kier alpha value is -2.48. The summed E-state index contributed by atoms with van der Waals surface area (Å²) in [6.07, 6.45) is 3.24. The van der Waals surface area contributed by atoms with Gasteiger partial charge in [-0.2, -0.15) is 0 Å². The molecule has 3 aromatic carbocycles. The number of hydrogen-bond acceptors (Lipinski definition) is 5. The summed E-state index contributed by atoms with van der Waals surface area (Å²) in [5.41, 5.74) is 5.43. The van der Waals surface area contributed by atoms with E-state index >= 15 is 0 Å². The molecule has 0 aromatic heterocycles. The molecule has 0 aliphatic carbocycles. The van der Waals surface area contributed by atoms with E-state index in [1.165, 1.54) is 17.7 Å².